The number of rotatable bonds is 7. The van der Waals surface area contributed by atoms with Crippen molar-refractivity contribution in [1.29, 1.82) is 0 Å². The Labute approximate surface area is 110 Å². The first-order chi connectivity index (χ1) is 7.74. The van der Waals surface area contributed by atoms with E-state index in [4.69, 9.17) is 11.6 Å². The Morgan fingerprint density at radius 1 is 1.25 bits per heavy atom. The van der Waals surface area contributed by atoms with Gasteiger partial charge in [0.15, 0.2) is 0 Å². The predicted molar refractivity (Wildman–Crippen MR) is 70.4 cm³/mol. The van der Waals surface area contributed by atoms with Crippen LogP contribution < -0.4 is 5.32 Å². The van der Waals surface area contributed by atoms with Crippen molar-refractivity contribution >= 4 is 27.5 Å². The lowest BCUT2D eigenvalue weighted by molar-refractivity contribution is 0.608. The summed E-state index contributed by atoms with van der Waals surface area (Å²) in [6.07, 6.45) is 3.37. The molecule has 0 aliphatic rings. The molecule has 0 saturated carbocycles. The molecular formula is C12H16BrClFN. The van der Waals surface area contributed by atoms with Crippen LogP contribution >= 0.6 is 27.5 Å². The third kappa shape index (κ3) is 5.28. The van der Waals surface area contributed by atoms with Gasteiger partial charge >= 0.3 is 0 Å². The van der Waals surface area contributed by atoms with Gasteiger partial charge in [-0.15, -0.1) is 11.6 Å². The van der Waals surface area contributed by atoms with Gasteiger partial charge in [0.1, 0.15) is 5.82 Å². The van der Waals surface area contributed by atoms with E-state index in [1.54, 1.807) is 12.1 Å². The largest absolute Gasteiger partial charge is 0.313 e. The van der Waals surface area contributed by atoms with E-state index >= 15 is 0 Å². The van der Waals surface area contributed by atoms with Crippen molar-refractivity contribution in [2.45, 2.75) is 25.8 Å². The first-order valence-corrected chi connectivity index (χ1v) is 6.77. The minimum atomic E-state index is -0.217. The lowest BCUT2D eigenvalue weighted by Gasteiger charge is -2.05. The van der Waals surface area contributed by atoms with E-state index in [1.165, 1.54) is 6.07 Å². The Kier molecular flexibility index (Phi) is 7.01. The maximum atomic E-state index is 12.9. The van der Waals surface area contributed by atoms with E-state index in [0.29, 0.717) is 4.47 Å². The molecule has 0 aromatic heterocycles. The molecule has 0 spiro atoms. The molecule has 1 rings (SSSR count). The zero-order chi connectivity index (χ0) is 11.8. The molecule has 4 heteroatoms. The molecule has 16 heavy (non-hydrogen) atoms. The summed E-state index contributed by atoms with van der Waals surface area (Å²) >= 11 is 8.75. The smallest absolute Gasteiger partial charge is 0.137 e. The fraction of sp³-hybridized carbons (Fsp3) is 0.500. The molecule has 1 N–H and O–H groups in total. The van der Waals surface area contributed by atoms with E-state index in [0.717, 1.165) is 43.8 Å². The van der Waals surface area contributed by atoms with Crippen LogP contribution in [0.25, 0.3) is 0 Å². The third-order valence-corrected chi connectivity index (χ3v) is 3.18. The molecule has 0 atom stereocenters. The monoisotopic (exact) mass is 307 g/mol. The van der Waals surface area contributed by atoms with Crippen molar-refractivity contribution in [2.24, 2.45) is 0 Å². The molecule has 0 radical (unpaired) electrons. The molecule has 1 aromatic carbocycles. The van der Waals surface area contributed by atoms with Crippen LogP contribution in [0, 0.1) is 5.82 Å². The number of halogens is 3. The van der Waals surface area contributed by atoms with Gasteiger partial charge in [0, 0.05) is 12.4 Å². The fourth-order valence-electron chi connectivity index (χ4n) is 1.40. The zero-order valence-corrected chi connectivity index (χ0v) is 11.5. The van der Waals surface area contributed by atoms with Crippen LogP contribution in [-0.4, -0.2) is 12.4 Å². The van der Waals surface area contributed by atoms with Crippen molar-refractivity contribution in [3.63, 3.8) is 0 Å². The summed E-state index contributed by atoms with van der Waals surface area (Å²) in [5, 5.41) is 3.32. The van der Waals surface area contributed by atoms with Crippen molar-refractivity contribution in [3.05, 3.63) is 34.1 Å². The molecule has 90 valence electrons. The van der Waals surface area contributed by atoms with Crippen LogP contribution in [-0.2, 0) is 6.54 Å². The number of unbranched alkanes of at least 4 members (excludes halogenated alkanes) is 2. The SMILES string of the molecule is Fc1ccc(CNCCCCCCl)cc1Br. The summed E-state index contributed by atoms with van der Waals surface area (Å²) in [6.45, 7) is 1.76. The van der Waals surface area contributed by atoms with E-state index in [2.05, 4.69) is 21.2 Å². The topological polar surface area (TPSA) is 12.0 Å². The van der Waals surface area contributed by atoms with Crippen molar-refractivity contribution in [3.8, 4) is 0 Å². The normalized spacial score (nSPS) is 10.7. The van der Waals surface area contributed by atoms with Gasteiger partial charge in [-0.1, -0.05) is 12.5 Å². The second-order valence-corrected chi connectivity index (χ2v) is 4.91. The Morgan fingerprint density at radius 2 is 2.06 bits per heavy atom. The van der Waals surface area contributed by atoms with E-state index in [9.17, 15) is 4.39 Å². The molecule has 0 bridgehead atoms. The summed E-state index contributed by atoms with van der Waals surface area (Å²) in [7, 11) is 0. The maximum absolute atomic E-state index is 12.9. The second kappa shape index (κ2) is 8.04. The molecule has 1 nitrogen and oxygen atoms in total. The third-order valence-electron chi connectivity index (χ3n) is 2.30. The van der Waals surface area contributed by atoms with Crippen LogP contribution in [0.1, 0.15) is 24.8 Å². The Hall–Kier alpha value is -0.120. The number of hydrogen-bond donors (Lipinski definition) is 1. The van der Waals surface area contributed by atoms with Crippen LogP contribution in [0.4, 0.5) is 4.39 Å². The van der Waals surface area contributed by atoms with E-state index < -0.39 is 0 Å². The van der Waals surface area contributed by atoms with Gasteiger partial charge in [-0.2, -0.15) is 0 Å². The van der Waals surface area contributed by atoms with Crippen molar-refractivity contribution < 1.29 is 4.39 Å². The molecule has 0 saturated heterocycles. The average Bonchev–Trinajstić information content (AvgIpc) is 2.28. The minimum absolute atomic E-state index is 0.217. The summed E-state index contributed by atoms with van der Waals surface area (Å²) in [5.74, 6) is 0.524. The highest BCUT2D eigenvalue weighted by molar-refractivity contribution is 9.10. The number of nitrogens with one attached hydrogen (secondary N) is 1. The van der Waals surface area contributed by atoms with Crippen LogP contribution in [0.5, 0.6) is 0 Å². The minimum Gasteiger partial charge on any atom is -0.313 e. The van der Waals surface area contributed by atoms with Gasteiger partial charge in [0.2, 0.25) is 0 Å². The van der Waals surface area contributed by atoms with Crippen LogP contribution in [0.15, 0.2) is 22.7 Å². The maximum Gasteiger partial charge on any atom is 0.137 e. The van der Waals surface area contributed by atoms with Crippen molar-refractivity contribution in [2.75, 3.05) is 12.4 Å². The summed E-state index contributed by atoms with van der Waals surface area (Å²) in [5.41, 5.74) is 1.09. The summed E-state index contributed by atoms with van der Waals surface area (Å²) in [6, 6.07) is 5.08. The highest BCUT2D eigenvalue weighted by atomic mass is 79.9. The Balaban J connectivity index is 2.19. The van der Waals surface area contributed by atoms with Crippen LogP contribution in [0.2, 0.25) is 0 Å². The van der Waals surface area contributed by atoms with Gasteiger partial charge in [-0.3, -0.25) is 0 Å². The number of hydrogen-bond acceptors (Lipinski definition) is 1. The van der Waals surface area contributed by atoms with Gasteiger partial charge in [0.05, 0.1) is 4.47 Å². The average molecular weight is 309 g/mol. The number of alkyl halides is 1. The van der Waals surface area contributed by atoms with Gasteiger partial charge in [-0.25, -0.2) is 4.39 Å². The summed E-state index contributed by atoms with van der Waals surface area (Å²) in [4.78, 5) is 0. The fourth-order valence-corrected chi connectivity index (χ4v) is 2.02. The molecular weight excluding hydrogens is 292 g/mol. The lowest BCUT2D eigenvalue weighted by atomic mass is 10.2. The molecule has 1 aromatic rings. The lowest BCUT2D eigenvalue weighted by Crippen LogP contribution is -2.14. The first kappa shape index (κ1) is 13.9. The Bertz CT molecular complexity index is 320. The highest BCUT2D eigenvalue weighted by Crippen LogP contribution is 2.16. The first-order valence-electron chi connectivity index (χ1n) is 5.44. The van der Waals surface area contributed by atoms with Gasteiger partial charge in [-0.05, 0) is 53.0 Å². The van der Waals surface area contributed by atoms with E-state index in [-0.39, 0.29) is 5.82 Å². The second-order valence-electron chi connectivity index (χ2n) is 3.67. The zero-order valence-electron chi connectivity index (χ0n) is 9.11. The molecule has 0 aliphatic heterocycles. The van der Waals surface area contributed by atoms with Crippen LogP contribution in [0.3, 0.4) is 0 Å². The van der Waals surface area contributed by atoms with Crippen molar-refractivity contribution in [1.82, 2.24) is 5.32 Å². The Morgan fingerprint density at radius 3 is 2.75 bits per heavy atom. The van der Waals surface area contributed by atoms with Gasteiger partial charge < -0.3 is 5.32 Å². The van der Waals surface area contributed by atoms with E-state index in [1.807, 2.05) is 0 Å². The summed E-state index contributed by atoms with van der Waals surface area (Å²) < 4.78 is 13.5. The predicted octanol–water partition coefficient (Wildman–Crippen LogP) is 4.09. The quantitative estimate of drug-likeness (QED) is 0.591. The standard InChI is InChI=1S/C12H16BrClFN/c13-11-8-10(4-5-12(11)15)9-16-7-3-1-2-6-14/h4-5,8,16H,1-3,6-7,9H2. The van der Waals surface area contributed by atoms with Gasteiger partial charge in [0.25, 0.3) is 0 Å². The molecule has 0 aliphatic carbocycles. The molecule has 0 amide bonds. The highest BCUT2D eigenvalue weighted by Gasteiger charge is 1.99. The molecule has 0 heterocycles. The molecule has 0 unspecified atom stereocenters. The number of benzene rings is 1. The molecule has 0 fully saturated rings.